The van der Waals surface area contributed by atoms with E-state index in [0.717, 1.165) is 16.8 Å². The third-order valence-electron chi connectivity index (χ3n) is 3.44. The minimum Gasteiger partial charge on any atom is -0.378 e. The molecule has 106 valence electrons. The van der Waals surface area contributed by atoms with Gasteiger partial charge in [-0.2, -0.15) is 0 Å². The topological polar surface area (TPSA) is 41.3 Å². The smallest absolute Gasteiger partial charge is 0.126 e. The van der Waals surface area contributed by atoms with Crippen molar-refractivity contribution >= 4 is 5.69 Å². The van der Waals surface area contributed by atoms with Crippen molar-refractivity contribution in [2.75, 3.05) is 19.0 Å². The Kier molecular flexibility index (Phi) is 4.37. The number of aryl methyl sites for hydroxylation is 1. The highest BCUT2D eigenvalue weighted by Crippen LogP contribution is 2.24. The van der Waals surface area contributed by atoms with Crippen LogP contribution in [0.2, 0.25) is 0 Å². The van der Waals surface area contributed by atoms with Crippen LogP contribution in [0.5, 0.6) is 0 Å². The summed E-state index contributed by atoms with van der Waals surface area (Å²) in [5.41, 5.74) is 6.31. The number of hydrazine groups is 1. The first-order chi connectivity index (χ1) is 9.52. The van der Waals surface area contributed by atoms with Crippen LogP contribution in [0.25, 0.3) is 0 Å². The molecule has 0 heterocycles. The maximum atomic E-state index is 13.7. The van der Waals surface area contributed by atoms with Gasteiger partial charge >= 0.3 is 0 Å². The number of halogens is 1. The van der Waals surface area contributed by atoms with Gasteiger partial charge in [-0.05, 0) is 41.8 Å². The molecule has 2 aromatic rings. The van der Waals surface area contributed by atoms with Gasteiger partial charge in [0.1, 0.15) is 5.82 Å². The molecular formula is C16H20FN3. The summed E-state index contributed by atoms with van der Waals surface area (Å²) in [4.78, 5) is 2.03. The normalized spacial score (nSPS) is 12.2. The summed E-state index contributed by atoms with van der Waals surface area (Å²) in [6.45, 7) is 1.75. The Balaban J connectivity index is 2.33. The van der Waals surface area contributed by atoms with Gasteiger partial charge in [0.15, 0.2) is 0 Å². The van der Waals surface area contributed by atoms with Gasteiger partial charge < -0.3 is 4.90 Å². The van der Waals surface area contributed by atoms with E-state index in [1.54, 1.807) is 13.0 Å². The molecule has 3 nitrogen and oxygen atoms in total. The van der Waals surface area contributed by atoms with Crippen LogP contribution >= 0.6 is 0 Å². The highest BCUT2D eigenvalue weighted by molar-refractivity contribution is 5.47. The standard InChI is InChI=1S/C16H20FN3/c1-11-4-5-13(10-15(11)17)16(19-18)12-6-8-14(9-7-12)20(2)3/h4-10,16,19H,18H2,1-3H3. The predicted octanol–water partition coefficient (Wildman–Crippen LogP) is 2.75. The summed E-state index contributed by atoms with van der Waals surface area (Å²) >= 11 is 0. The molecule has 0 fully saturated rings. The van der Waals surface area contributed by atoms with E-state index >= 15 is 0 Å². The van der Waals surface area contributed by atoms with Crippen molar-refractivity contribution in [1.29, 1.82) is 0 Å². The average molecular weight is 273 g/mol. The number of hydrogen-bond acceptors (Lipinski definition) is 3. The fourth-order valence-electron chi connectivity index (χ4n) is 2.14. The summed E-state index contributed by atoms with van der Waals surface area (Å²) in [5, 5.41) is 0. The van der Waals surface area contributed by atoms with Gasteiger partial charge in [0, 0.05) is 19.8 Å². The van der Waals surface area contributed by atoms with Crippen LogP contribution in [-0.2, 0) is 0 Å². The van der Waals surface area contributed by atoms with Gasteiger partial charge in [0.2, 0.25) is 0 Å². The van der Waals surface area contributed by atoms with Gasteiger partial charge in [-0.15, -0.1) is 0 Å². The van der Waals surface area contributed by atoms with Gasteiger partial charge in [0.25, 0.3) is 0 Å². The molecular weight excluding hydrogens is 253 g/mol. The van der Waals surface area contributed by atoms with E-state index < -0.39 is 0 Å². The molecule has 0 aliphatic rings. The number of hydrogen-bond donors (Lipinski definition) is 2. The zero-order valence-electron chi connectivity index (χ0n) is 12.0. The Bertz CT molecular complexity index is 579. The van der Waals surface area contributed by atoms with Crippen molar-refractivity contribution in [1.82, 2.24) is 5.43 Å². The van der Waals surface area contributed by atoms with Gasteiger partial charge in [-0.1, -0.05) is 24.3 Å². The van der Waals surface area contributed by atoms with E-state index in [2.05, 4.69) is 5.43 Å². The maximum absolute atomic E-state index is 13.7. The molecule has 0 radical (unpaired) electrons. The van der Waals surface area contributed by atoms with E-state index in [1.165, 1.54) is 6.07 Å². The molecule has 4 heteroatoms. The van der Waals surface area contributed by atoms with E-state index in [-0.39, 0.29) is 11.9 Å². The Morgan fingerprint density at radius 3 is 2.15 bits per heavy atom. The van der Waals surface area contributed by atoms with E-state index in [9.17, 15) is 4.39 Å². The van der Waals surface area contributed by atoms with Crippen LogP contribution in [0, 0.1) is 12.7 Å². The van der Waals surface area contributed by atoms with Crippen molar-refractivity contribution in [2.45, 2.75) is 13.0 Å². The molecule has 0 aliphatic carbocycles. The summed E-state index contributed by atoms with van der Waals surface area (Å²) < 4.78 is 13.7. The molecule has 0 bridgehead atoms. The lowest BCUT2D eigenvalue weighted by molar-refractivity contribution is 0.599. The van der Waals surface area contributed by atoms with Gasteiger partial charge in [-0.3, -0.25) is 5.84 Å². The van der Waals surface area contributed by atoms with Crippen LogP contribution in [0.15, 0.2) is 42.5 Å². The maximum Gasteiger partial charge on any atom is 0.126 e. The Morgan fingerprint density at radius 1 is 1.05 bits per heavy atom. The first-order valence-corrected chi connectivity index (χ1v) is 6.52. The molecule has 2 aromatic carbocycles. The first-order valence-electron chi connectivity index (χ1n) is 6.52. The molecule has 20 heavy (non-hydrogen) atoms. The quantitative estimate of drug-likeness (QED) is 0.665. The van der Waals surface area contributed by atoms with E-state index in [4.69, 9.17) is 5.84 Å². The second kappa shape index (κ2) is 6.03. The van der Waals surface area contributed by atoms with Crippen molar-refractivity contribution in [3.05, 3.63) is 65.0 Å². The van der Waals surface area contributed by atoms with Gasteiger partial charge in [0.05, 0.1) is 6.04 Å². The largest absolute Gasteiger partial charge is 0.378 e. The Labute approximate surface area is 119 Å². The second-order valence-corrected chi connectivity index (χ2v) is 5.09. The lowest BCUT2D eigenvalue weighted by atomic mass is 9.98. The third-order valence-corrected chi connectivity index (χ3v) is 3.44. The molecule has 2 rings (SSSR count). The third kappa shape index (κ3) is 2.98. The number of benzene rings is 2. The van der Waals surface area contributed by atoms with Crippen LogP contribution in [0.4, 0.5) is 10.1 Å². The van der Waals surface area contributed by atoms with E-state index in [0.29, 0.717) is 5.56 Å². The Hall–Kier alpha value is -1.91. The number of anilines is 1. The molecule has 1 atom stereocenters. The highest BCUT2D eigenvalue weighted by Gasteiger charge is 2.13. The molecule has 0 spiro atoms. The van der Waals surface area contributed by atoms with Gasteiger partial charge in [-0.25, -0.2) is 9.82 Å². The van der Waals surface area contributed by atoms with Crippen LogP contribution in [0.1, 0.15) is 22.7 Å². The lowest BCUT2D eigenvalue weighted by Gasteiger charge is -2.19. The number of nitrogens with zero attached hydrogens (tertiary/aromatic N) is 1. The minimum absolute atomic E-state index is 0.215. The Morgan fingerprint density at radius 2 is 1.65 bits per heavy atom. The summed E-state index contributed by atoms with van der Waals surface area (Å²) in [5.74, 6) is 5.42. The lowest BCUT2D eigenvalue weighted by Crippen LogP contribution is -2.29. The van der Waals surface area contributed by atoms with Crippen LogP contribution in [-0.4, -0.2) is 14.1 Å². The summed E-state index contributed by atoms with van der Waals surface area (Å²) in [7, 11) is 3.98. The van der Waals surface area contributed by atoms with Crippen LogP contribution in [0.3, 0.4) is 0 Å². The van der Waals surface area contributed by atoms with Crippen LogP contribution < -0.4 is 16.2 Å². The summed E-state index contributed by atoms with van der Waals surface area (Å²) in [6.07, 6.45) is 0. The fraction of sp³-hybridized carbons (Fsp3) is 0.250. The zero-order valence-corrected chi connectivity index (χ0v) is 12.0. The SMILES string of the molecule is Cc1ccc(C(NN)c2ccc(N(C)C)cc2)cc1F. The van der Waals surface area contributed by atoms with Crippen molar-refractivity contribution < 1.29 is 4.39 Å². The number of nitrogens with two attached hydrogens (primary N) is 1. The highest BCUT2D eigenvalue weighted by atomic mass is 19.1. The molecule has 0 amide bonds. The number of nitrogens with one attached hydrogen (secondary N) is 1. The number of rotatable bonds is 4. The van der Waals surface area contributed by atoms with Crippen molar-refractivity contribution in [2.24, 2.45) is 5.84 Å². The molecule has 3 N–H and O–H groups in total. The molecule has 0 saturated carbocycles. The second-order valence-electron chi connectivity index (χ2n) is 5.09. The molecule has 0 saturated heterocycles. The average Bonchev–Trinajstić information content (AvgIpc) is 2.44. The zero-order chi connectivity index (χ0) is 14.7. The minimum atomic E-state index is -0.221. The van der Waals surface area contributed by atoms with Crippen molar-refractivity contribution in [3.8, 4) is 0 Å². The molecule has 0 aromatic heterocycles. The van der Waals surface area contributed by atoms with E-state index in [1.807, 2.05) is 49.3 Å². The van der Waals surface area contributed by atoms with Crippen molar-refractivity contribution in [3.63, 3.8) is 0 Å². The first kappa shape index (κ1) is 14.5. The molecule has 0 aliphatic heterocycles. The fourth-order valence-corrected chi connectivity index (χ4v) is 2.14. The summed E-state index contributed by atoms with van der Waals surface area (Å²) in [6, 6.07) is 13.0. The monoisotopic (exact) mass is 273 g/mol. The molecule has 1 unspecified atom stereocenters. The predicted molar refractivity (Wildman–Crippen MR) is 81.1 cm³/mol.